The Labute approximate surface area is 181 Å². The van der Waals surface area contributed by atoms with Crippen molar-refractivity contribution in [3.63, 3.8) is 0 Å². The van der Waals surface area contributed by atoms with Crippen LogP contribution in [0.3, 0.4) is 0 Å². The van der Waals surface area contributed by atoms with Crippen LogP contribution in [0.15, 0.2) is 60.2 Å². The molecule has 0 amide bonds. The van der Waals surface area contributed by atoms with Crippen molar-refractivity contribution in [1.29, 1.82) is 0 Å². The molecule has 2 saturated heterocycles. The van der Waals surface area contributed by atoms with Crippen molar-refractivity contribution in [2.24, 2.45) is 0 Å². The second-order valence-corrected chi connectivity index (χ2v) is 8.65. The Morgan fingerprint density at radius 3 is 2.40 bits per heavy atom. The third-order valence-electron chi connectivity index (χ3n) is 6.43. The van der Waals surface area contributed by atoms with Crippen molar-refractivity contribution in [1.82, 2.24) is 9.80 Å². The quantitative estimate of drug-likeness (QED) is 0.710. The number of hydrogen-bond acceptors (Lipinski definition) is 4. The van der Waals surface area contributed by atoms with Gasteiger partial charge < -0.3 is 9.64 Å². The molecule has 0 radical (unpaired) electrons. The maximum atomic E-state index is 5.29. The fourth-order valence-electron chi connectivity index (χ4n) is 4.84. The van der Waals surface area contributed by atoms with Crippen LogP contribution >= 0.6 is 0 Å². The van der Waals surface area contributed by atoms with Crippen molar-refractivity contribution in [3.8, 4) is 5.75 Å². The molecule has 2 heterocycles. The first kappa shape index (κ1) is 21.0. The van der Waals surface area contributed by atoms with Crippen LogP contribution in [0.2, 0.25) is 0 Å². The lowest BCUT2D eigenvalue weighted by molar-refractivity contribution is 0.0978. The van der Waals surface area contributed by atoms with E-state index in [2.05, 4.69) is 82.3 Å². The average Bonchev–Trinajstić information content (AvgIpc) is 2.80. The molecule has 2 aliphatic heterocycles. The molecule has 0 bridgehead atoms. The van der Waals surface area contributed by atoms with Gasteiger partial charge in [0.1, 0.15) is 5.75 Å². The summed E-state index contributed by atoms with van der Waals surface area (Å²) in [4.78, 5) is 7.88. The van der Waals surface area contributed by atoms with Crippen LogP contribution in [-0.2, 0) is 0 Å². The minimum absolute atomic E-state index is 0.696. The summed E-state index contributed by atoms with van der Waals surface area (Å²) in [5.41, 5.74) is 4.06. The number of rotatable bonds is 6. The summed E-state index contributed by atoms with van der Waals surface area (Å²) in [6.45, 7) is 10.3. The van der Waals surface area contributed by atoms with Gasteiger partial charge in [-0.1, -0.05) is 42.0 Å². The molecule has 2 aromatic carbocycles. The predicted molar refractivity (Wildman–Crippen MR) is 126 cm³/mol. The van der Waals surface area contributed by atoms with Crippen LogP contribution in [0.25, 0.3) is 6.08 Å². The molecule has 160 valence electrons. The molecule has 2 fully saturated rings. The Morgan fingerprint density at radius 1 is 0.967 bits per heavy atom. The predicted octanol–water partition coefficient (Wildman–Crippen LogP) is 4.39. The maximum absolute atomic E-state index is 5.29. The summed E-state index contributed by atoms with van der Waals surface area (Å²) in [7, 11) is 1.72. The topological polar surface area (TPSA) is 19.0 Å². The van der Waals surface area contributed by atoms with Gasteiger partial charge in [0.25, 0.3) is 0 Å². The van der Waals surface area contributed by atoms with Gasteiger partial charge in [0, 0.05) is 51.0 Å². The van der Waals surface area contributed by atoms with Crippen molar-refractivity contribution in [2.75, 3.05) is 57.8 Å². The fourth-order valence-corrected chi connectivity index (χ4v) is 4.84. The molecule has 4 heteroatoms. The molecule has 1 unspecified atom stereocenters. The minimum atomic E-state index is 0.696. The lowest BCUT2D eigenvalue weighted by Gasteiger charge is -2.44. The standard InChI is InChI=1S/C26H35N3O/c1-22(19-23-7-4-3-5-8-23)20-27-14-6-9-25(21-27)29-17-15-28(16-18-29)24-10-12-26(30-2)13-11-24/h3-5,7-8,10-13,19,25H,6,9,14-18,20-21H2,1-2H3/b22-19+. The van der Waals surface area contributed by atoms with Crippen LogP contribution < -0.4 is 9.64 Å². The molecule has 30 heavy (non-hydrogen) atoms. The highest BCUT2D eigenvalue weighted by molar-refractivity contribution is 5.52. The molecule has 0 N–H and O–H groups in total. The molecule has 4 rings (SSSR count). The monoisotopic (exact) mass is 405 g/mol. The van der Waals surface area contributed by atoms with Gasteiger partial charge in [-0.25, -0.2) is 0 Å². The summed E-state index contributed by atoms with van der Waals surface area (Å²) in [6, 6.07) is 19.9. The molecule has 2 aromatic rings. The van der Waals surface area contributed by atoms with Gasteiger partial charge >= 0.3 is 0 Å². The zero-order valence-electron chi connectivity index (χ0n) is 18.5. The summed E-state index contributed by atoms with van der Waals surface area (Å²) < 4.78 is 5.29. The lowest BCUT2D eigenvalue weighted by atomic mass is 10.0. The molecule has 0 aliphatic carbocycles. The van der Waals surface area contributed by atoms with Crippen molar-refractivity contribution < 1.29 is 4.74 Å². The first-order chi connectivity index (χ1) is 14.7. The van der Waals surface area contributed by atoms with E-state index >= 15 is 0 Å². The molecule has 4 nitrogen and oxygen atoms in total. The first-order valence-electron chi connectivity index (χ1n) is 11.3. The highest BCUT2D eigenvalue weighted by atomic mass is 16.5. The third kappa shape index (κ3) is 5.44. The maximum Gasteiger partial charge on any atom is 0.119 e. The van der Waals surface area contributed by atoms with E-state index in [1.807, 2.05) is 0 Å². The van der Waals surface area contributed by atoms with Crippen LogP contribution in [0.1, 0.15) is 25.3 Å². The van der Waals surface area contributed by atoms with Gasteiger partial charge in [0.2, 0.25) is 0 Å². The number of anilines is 1. The number of hydrogen-bond donors (Lipinski definition) is 0. The molecule has 0 aromatic heterocycles. The molecular formula is C26H35N3O. The number of benzene rings is 2. The Kier molecular flexibility index (Phi) is 7.08. The van der Waals surface area contributed by atoms with Gasteiger partial charge in [0.15, 0.2) is 0 Å². The van der Waals surface area contributed by atoms with Crippen LogP contribution in [0.4, 0.5) is 5.69 Å². The van der Waals surface area contributed by atoms with Crippen molar-refractivity contribution >= 4 is 11.8 Å². The molecule has 1 atom stereocenters. The molecular weight excluding hydrogens is 370 g/mol. The normalized spacial score (nSPS) is 21.6. The third-order valence-corrected chi connectivity index (χ3v) is 6.43. The van der Waals surface area contributed by atoms with E-state index in [4.69, 9.17) is 4.74 Å². The van der Waals surface area contributed by atoms with E-state index in [0.717, 1.165) is 38.5 Å². The van der Waals surface area contributed by atoms with E-state index in [0.29, 0.717) is 6.04 Å². The van der Waals surface area contributed by atoms with Crippen molar-refractivity contribution in [3.05, 3.63) is 65.7 Å². The number of piperidine rings is 1. The highest BCUT2D eigenvalue weighted by Gasteiger charge is 2.28. The lowest BCUT2D eigenvalue weighted by Crippen LogP contribution is -2.55. The van der Waals surface area contributed by atoms with Crippen LogP contribution in [-0.4, -0.2) is 68.8 Å². The fraction of sp³-hybridized carbons (Fsp3) is 0.462. The van der Waals surface area contributed by atoms with Crippen LogP contribution in [0, 0.1) is 0 Å². The van der Waals surface area contributed by atoms with Gasteiger partial charge in [-0.05, 0) is 56.1 Å². The van der Waals surface area contributed by atoms with E-state index in [1.54, 1.807) is 7.11 Å². The number of nitrogens with zero attached hydrogens (tertiary/aromatic N) is 3. The van der Waals surface area contributed by atoms with E-state index in [1.165, 1.54) is 42.8 Å². The summed E-state index contributed by atoms with van der Waals surface area (Å²) >= 11 is 0. The number of ether oxygens (including phenoxy) is 1. The Hall–Kier alpha value is -2.30. The summed E-state index contributed by atoms with van der Waals surface area (Å²) in [5, 5.41) is 0. The minimum Gasteiger partial charge on any atom is -0.497 e. The Morgan fingerprint density at radius 2 is 1.70 bits per heavy atom. The van der Waals surface area contributed by atoms with Gasteiger partial charge in [-0.2, -0.15) is 0 Å². The summed E-state index contributed by atoms with van der Waals surface area (Å²) in [5.74, 6) is 0.927. The average molecular weight is 406 g/mol. The zero-order valence-corrected chi connectivity index (χ0v) is 18.5. The smallest absolute Gasteiger partial charge is 0.119 e. The second kappa shape index (κ2) is 10.1. The highest BCUT2D eigenvalue weighted by Crippen LogP contribution is 2.23. The first-order valence-corrected chi connectivity index (χ1v) is 11.3. The number of piperazine rings is 1. The second-order valence-electron chi connectivity index (χ2n) is 8.65. The van der Waals surface area contributed by atoms with Gasteiger partial charge in [0.05, 0.1) is 7.11 Å². The largest absolute Gasteiger partial charge is 0.497 e. The zero-order chi connectivity index (χ0) is 20.8. The van der Waals surface area contributed by atoms with Crippen LogP contribution in [0.5, 0.6) is 5.75 Å². The Bertz CT molecular complexity index is 810. The van der Waals surface area contributed by atoms with Gasteiger partial charge in [-0.15, -0.1) is 0 Å². The number of methoxy groups -OCH3 is 1. The molecule has 0 saturated carbocycles. The number of likely N-dealkylation sites (tertiary alicyclic amines) is 1. The molecule has 2 aliphatic rings. The SMILES string of the molecule is COc1ccc(N2CCN(C3CCCN(C/C(C)=C/c4ccccc4)C3)CC2)cc1. The Balaban J connectivity index is 1.28. The van der Waals surface area contributed by atoms with Crippen molar-refractivity contribution in [2.45, 2.75) is 25.8 Å². The van der Waals surface area contributed by atoms with E-state index < -0.39 is 0 Å². The van der Waals surface area contributed by atoms with E-state index in [-0.39, 0.29) is 0 Å². The molecule has 0 spiro atoms. The van der Waals surface area contributed by atoms with Gasteiger partial charge in [-0.3, -0.25) is 9.80 Å². The van der Waals surface area contributed by atoms with E-state index in [9.17, 15) is 0 Å². The summed E-state index contributed by atoms with van der Waals surface area (Å²) in [6.07, 6.45) is 4.97.